The molecule has 0 spiro atoms. The van der Waals surface area contributed by atoms with Crippen molar-refractivity contribution in [3.05, 3.63) is 45.8 Å². The number of carbonyl (C=O) groups excluding carboxylic acids is 2. The number of amides is 2. The van der Waals surface area contributed by atoms with Crippen molar-refractivity contribution < 1.29 is 19.1 Å². The number of carbonyl (C=O) groups is 2. The average Bonchev–Trinajstić information content (AvgIpc) is 3.07. The minimum atomic E-state index is -0.492. The lowest BCUT2D eigenvalue weighted by Gasteiger charge is -2.18. The summed E-state index contributed by atoms with van der Waals surface area (Å²) < 4.78 is 11.0. The fourth-order valence-electron chi connectivity index (χ4n) is 3.54. The molecular formula is C23H28N2O4S. The average molecular weight is 429 g/mol. The van der Waals surface area contributed by atoms with Crippen LogP contribution in [0.3, 0.4) is 0 Å². The fraction of sp³-hybridized carbons (Fsp3) is 0.391. The summed E-state index contributed by atoms with van der Waals surface area (Å²) in [5.74, 6) is 1.05. The van der Waals surface area contributed by atoms with Gasteiger partial charge < -0.3 is 20.5 Å². The molecule has 3 rings (SSSR count). The van der Waals surface area contributed by atoms with Crippen molar-refractivity contribution in [3.8, 4) is 11.5 Å². The molecule has 0 saturated heterocycles. The minimum Gasteiger partial charge on any atom is -0.493 e. The molecule has 0 radical (unpaired) electrons. The molecule has 2 amide bonds. The van der Waals surface area contributed by atoms with Crippen LogP contribution < -0.4 is 20.5 Å². The van der Waals surface area contributed by atoms with E-state index in [9.17, 15) is 9.59 Å². The van der Waals surface area contributed by atoms with Crippen molar-refractivity contribution in [3.63, 3.8) is 0 Å². The Bertz CT molecular complexity index is 964. The number of anilines is 1. The third-order valence-corrected chi connectivity index (χ3v) is 6.24. The SMILES string of the molecule is CCCOc1ccc(/C=C/C(=O)Nc2sc3c(c2C(N)=O)CC[C@H](C)C3)cc1OC. The standard InChI is InChI=1S/C23H28N2O4S/c1-4-11-29-17-9-6-15(13-18(17)28-3)7-10-20(26)25-23-21(22(24)27)16-8-5-14(2)12-19(16)30-23/h6-7,9-10,13-14H,4-5,8,11-12H2,1-3H3,(H2,24,27)(H,25,26)/b10-7+/t14-/m0/s1. The van der Waals surface area contributed by atoms with Crippen LogP contribution >= 0.6 is 11.3 Å². The van der Waals surface area contributed by atoms with Gasteiger partial charge >= 0.3 is 0 Å². The van der Waals surface area contributed by atoms with Crippen molar-refractivity contribution in [2.45, 2.75) is 39.5 Å². The molecule has 1 heterocycles. The predicted molar refractivity (Wildman–Crippen MR) is 120 cm³/mol. The van der Waals surface area contributed by atoms with Gasteiger partial charge in [0, 0.05) is 11.0 Å². The summed E-state index contributed by atoms with van der Waals surface area (Å²) in [6.45, 7) is 4.84. The van der Waals surface area contributed by atoms with E-state index in [0.717, 1.165) is 41.7 Å². The van der Waals surface area contributed by atoms with E-state index in [-0.39, 0.29) is 5.91 Å². The first-order valence-corrected chi connectivity index (χ1v) is 11.0. The quantitative estimate of drug-likeness (QED) is 0.609. The second-order valence-electron chi connectivity index (χ2n) is 7.50. The normalized spacial score (nSPS) is 15.6. The lowest BCUT2D eigenvalue weighted by atomic mass is 9.88. The Morgan fingerprint density at radius 3 is 2.83 bits per heavy atom. The van der Waals surface area contributed by atoms with Gasteiger partial charge in [0.1, 0.15) is 5.00 Å². The Morgan fingerprint density at radius 1 is 1.33 bits per heavy atom. The first-order chi connectivity index (χ1) is 14.4. The lowest BCUT2D eigenvalue weighted by Crippen LogP contribution is -2.18. The third-order valence-electron chi connectivity index (χ3n) is 5.07. The van der Waals surface area contributed by atoms with E-state index >= 15 is 0 Å². The predicted octanol–water partition coefficient (Wildman–Crippen LogP) is 4.42. The summed E-state index contributed by atoms with van der Waals surface area (Å²) >= 11 is 1.46. The molecule has 0 fully saturated rings. The first-order valence-electron chi connectivity index (χ1n) is 10.2. The largest absolute Gasteiger partial charge is 0.493 e. The van der Waals surface area contributed by atoms with Gasteiger partial charge in [-0.1, -0.05) is 19.9 Å². The molecule has 1 aliphatic rings. The number of benzene rings is 1. The molecule has 7 heteroatoms. The van der Waals surface area contributed by atoms with Crippen LogP contribution in [0.2, 0.25) is 0 Å². The Hall–Kier alpha value is -2.80. The third kappa shape index (κ3) is 5.02. The van der Waals surface area contributed by atoms with Crippen LogP contribution in [0.1, 0.15) is 53.1 Å². The van der Waals surface area contributed by atoms with Crippen molar-refractivity contribution in [2.75, 3.05) is 19.0 Å². The van der Waals surface area contributed by atoms with E-state index in [4.69, 9.17) is 15.2 Å². The van der Waals surface area contributed by atoms with E-state index in [2.05, 4.69) is 12.2 Å². The zero-order valence-electron chi connectivity index (χ0n) is 17.6. The highest BCUT2D eigenvalue weighted by molar-refractivity contribution is 7.17. The molecule has 1 aromatic heterocycles. The fourth-order valence-corrected chi connectivity index (χ4v) is 4.96. The summed E-state index contributed by atoms with van der Waals surface area (Å²) in [5, 5.41) is 3.38. The van der Waals surface area contributed by atoms with Gasteiger partial charge in [0.25, 0.3) is 5.91 Å². The van der Waals surface area contributed by atoms with Crippen LogP contribution in [0.4, 0.5) is 5.00 Å². The topological polar surface area (TPSA) is 90.6 Å². The number of hydrogen-bond donors (Lipinski definition) is 2. The molecule has 2 aromatic rings. The van der Waals surface area contributed by atoms with Crippen molar-refractivity contribution in [1.29, 1.82) is 0 Å². The summed E-state index contributed by atoms with van der Waals surface area (Å²) in [7, 11) is 1.58. The number of ether oxygens (including phenoxy) is 2. The zero-order chi connectivity index (χ0) is 21.7. The molecule has 30 heavy (non-hydrogen) atoms. The van der Waals surface area contributed by atoms with Crippen molar-refractivity contribution >= 4 is 34.2 Å². The van der Waals surface area contributed by atoms with Gasteiger partial charge in [0.2, 0.25) is 5.91 Å². The Balaban J connectivity index is 1.74. The smallest absolute Gasteiger partial charge is 0.251 e. The van der Waals surface area contributed by atoms with E-state index in [1.165, 1.54) is 17.4 Å². The van der Waals surface area contributed by atoms with Gasteiger partial charge in [-0.3, -0.25) is 9.59 Å². The summed E-state index contributed by atoms with van der Waals surface area (Å²) in [6, 6.07) is 5.50. The Kier molecular flexibility index (Phi) is 7.15. The molecule has 6 nitrogen and oxygen atoms in total. The van der Waals surface area contributed by atoms with E-state index in [1.54, 1.807) is 13.2 Å². The van der Waals surface area contributed by atoms with E-state index in [1.807, 2.05) is 25.1 Å². The minimum absolute atomic E-state index is 0.311. The van der Waals surface area contributed by atoms with Crippen LogP contribution in [-0.4, -0.2) is 25.5 Å². The number of primary amides is 1. The van der Waals surface area contributed by atoms with Gasteiger partial charge in [-0.05, 0) is 60.9 Å². The van der Waals surface area contributed by atoms with Crippen LogP contribution in [0.15, 0.2) is 24.3 Å². The maximum Gasteiger partial charge on any atom is 0.251 e. The van der Waals surface area contributed by atoms with Crippen LogP contribution in [0, 0.1) is 5.92 Å². The van der Waals surface area contributed by atoms with Gasteiger partial charge in [0.15, 0.2) is 11.5 Å². The van der Waals surface area contributed by atoms with Crippen LogP contribution in [0.5, 0.6) is 11.5 Å². The monoisotopic (exact) mass is 428 g/mol. The molecule has 160 valence electrons. The highest BCUT2D eigenvalue weighted by atomic mass is 32.1. The highest BCUT2D eigenvalue weighted by Crippen LogP contribution is 2.39. The van der Waals surface area contributed by atoms with Crippen molar-refractivity contribution in [2.24, 2.45) is 11.7 Å². The van der Waals surface area contributed by atoms with Gasteiger partial charge in [-0.15, -0.1) is 11.3 Å². The number of nitrogens with two attached hydrogens (primary N) is 1. The first kappa shape index (κ1) is 21.9. The van der Waals surface area contributed by atoms with Gasteiger partial charge in [-0.2, -0.15) is 0 Å². The number of hydrogen-bond acceptors (Lipinski definition) is 5. The van der Waals surface area contributed by atoms with E-state index < -0.39 is 5.91 Å². The molecule has 1 aliphatic carbocycles. The summed E-state index contributed by atoms with van der Waals surface area (Å²) in [4.78, 5) is 25.7. The Morgan fingerprint density at radius 2 is 2.13 bits per heavy atom. The second-order valence-corrected chi connectivity index (χ2v) is 8.61. The molecule has 3 N–H and O–H groups in total. The maximum absolute atomic E-state index is 12.5. The molecule has 0 bridgehead atoms. The molecule has 0 aliphatic heterocycles. The van der Waals surface area contributed by atoms with Crippen LogP contribution in [0.25, 0.3) is 6.08 Å². The van der Waals surface area contributed by atoms with Gasteiger partial charge in [-0.25, -0.2) is 0 Å². The highest BCUT2D eigenvalue weighted by Gasteiger charge is 2.26. The molecular weight excluding hydrogens is 400 g/mol. The number of fused-ring (bicyclic) bond motifs is 1. The number of nitrogens with one attached hydrogen (secondary N) is 1. The number of methoxy groups -OCH3 is 1. The van der Waals surface area contributed by atoms with Crippen molar-refractivity contribution in [1.82, 2.24) is 0 Å². The van der Waals surface area contributed by atoms with Crippen LogP contribution in [-0.2, 0) is 17.6 Å². The molecule has 1 aromatic carbocycles. The lowest BCUT2D eigenvalue weighted by molar-refractivity contribution is -0.111. The molecule has 0 unspecified atom stereocenters. The summed E-state index contributed by atoms with van der Waals surface area (Å²) in [5.41, 5.74) is 7.88. The number of thiophene rings is 1. The summed E-state index contributed by atoms with van der Waals surface area (Å²) in [6.07, 6.45) is 6.80. The zero-order valence-corrected chi connectivity index (χ0v) is 18.4. The maximum atomic E-state index is 12.5. The number of rotatable bonds is 8. The Labute approximate surface area is 181 Å². The van der Waals surface area contributed by atoms with E-state index in [0.29, 0.717) is 34.6 Å². The van der Waals surface area contributed by atoms with Gasteiger partial charge in [0.05, 0.1) is 19.3 Å². The molecule has 0 saturated carbocycles. The molecule has 1 atom stereocenters. The second kappa shape index (κ2) is 9.80.